The number of amides is 1. The highest BCUT2D eigenvalue weighted by Crippen LogP contribution is 2.26. The molecule has 1 saturated carbocycles. The molecule has 1 atom stereocenters. The van der Waals surface area contributed by atoms with Crippen LogP contribution in [0.15, 0.2) is 12.1 Å². The van der Waals surface area contributed by atoms with Crippen LogP contribution in [0.25, 0.3) is 0 Å². The lowest BCUT2D eigenvalue weighted by Gasteiger charge is -2.27. The molecule has 2 rings (SSSR count). The zero-order valence-electron chi connectivity index (χ0n) is 10.9. The first-order valence-electron chi connectivity index (χ1n) is 6.61. The molecule has 1 amide bonds. The van der Waals surface area contributed by atoms with Gasteiger partial charge in [-0.05, 0) is 30.9 Å². The van der Waals surface area contributed by atoms with E-state index in [1.54, 1.807) is 0 Å². The lowest BCUT2D eigenvalue weighted by Crippen LogP contribution is -2.46. The van der Waals surface area contributed by atoms with E-state index < -0.39 is 17.9 Å². The van der Waals surface area contributed by atoms with Crippen molar-refractivity contribution >= 4 is 23.5 Å². The van der Waals surface area contributed by atoms with Gasteiger partial charge in [-0.2, -0.15) is 0 Å². The van der Waals surface area contributed by atoms with Crippen LogP contribution in [0.1, 0.15) is 42.6 Å². The Morgan fingerprint density at radius 3 is 2.50 bits per heavy atom. The molecule has 1 aliphatic rings. The van der Waals surface area contributed by atoms with Crippen LogP contribution in [0.2, 0.25) is 5.15 Å². The summed E-state index contributed by atoms with van der Waals surface area (Å²) < 4.78 is 0. The molecule has 0 radical (unpaired) electrons. The van der Waals surface area contributed by atoms with Crippen LogP contribution in [-0.2, 0) is 4.79 Å². The molecule has 0 aromatic carbocycles. The molecular weight excluding hydrogens is 282 g/mol. The molecule has 1 aromatic heterocycles. The van der Waals surface area contributed by atoms with Crippen molar-refractivity contribution < 1.29 is 14.7 Å². The molecule has 1 aliphatic carbocycles. The number of rotatable bonds is 4. The number of carbonyl (C=O) groups excluding carboxylic acids is 1. The van der Waals surface area contributed by atoms with Crippen molar-refractivity contribution in [3.63, 3.8) is 0 Å². The largest absolute Gasteiger partial charge is 0.480 e. The van der Waals surface area contributed by atoms with Gasteiger partial charge in [-0.15, -0.1) is 10.2 Å². The van der Waals surface area contributed by atoms with E-state index >= 15 is 0 Å². The molecule has 0 spiro atoms. The van der Waals surface area contributed by atoms with Crippen molar-refractivity contribution in [1.82, 2.24) is 15.5 Å². The Morgan fingerprint density at radius 2 is 1.95 bits per heavy atom. The molecule has 7 heteroatoms. The quantitative estimate of drug-likeness (QED) is 0.885. The van der Waals surface area contributed by atoms with E-state index in [2.05, 4.69) is 15.5 Å². The molecule has 1 fully saturated rings. The summed E-state index contributed by atoms with van der Waals surface area (Å²) in [4.78, 5) is 23.3. The minimum Gasteiger partial charge on any atom is -0.480 e. The average molecular weight is 298 g/mol. The van der Waals surface area contributed by atoms with Crippen molar-refractivity contribution in [2.45, 2.75) is 38.1 Å². The second-order valence-electron chi connectivity index (χ2n) is 4.93. The number of hydrogen-bond donors (Lipinski definition) is 2. The van der Waals surface area contributed by atoms with Gasteiger partial charge in [0, 0.05) is 0 Å². The summed E-state index contributed by atoms with van der Waals surface area (Å²) >= 11 is 5.59. The van der Waals surface area contributed by atoms with Crippen LogP contribution in [0.5, 0.6) is 0 Å². The van der Waals surface area contributed by atoms with Gasteiger partial charge < -0.3 is 10.4 Å². The summed E-state index contributed by atoms with van der Waals surface area (Å²) in [5.41, 5.74) is 0.0662. The van der Waals surface area contributed by atoms with Crippen molar-refractivity contribution in [2.75, 3.05) is 0 Å². The summed E-state index contributed by atoms with van der Waals surface area (Å²) in [6, 6.07) is 1.99. The van der Waals surface area contributed by atoms with Crippen molar-refractivity contribution in [3.05, 3.63) is 23.0 Å². The molecule has 2 N–H and O–H groups in total. The Balaban J connectivity index is 2.05. The molecule has 0 bridgehead atoms. The number of carboxylic acid groups (broad SMARTS) is 1. The summed E-state index contributed by atoms with van der Waals surface area (Å²) in [6.07, 6.45) is 4.78. The number of hydrogen-bond acceptors (Lipinski definition) is 4. The van der Waals surface area contributed by atoms with Gasteiger partial charge in [0.25, 0.3) is 5.91 Å². The van der Waals surface area contributed by atoms with E-state index in [9.17, 15) is 14.7 Å². The zero-order chi connectivity index (χ0) is 14.5. The minimum atomic E-state index is -1.01. The fourth-order valence-electron chi connectivity index (χ4n) is 2.50. The SMILES string of the molecule is O=C(NC(C(=O)O)C1CCCCC1)c1ccc(Cl)nn1. The highest BCUT2D eigenvalue weighted by molar-refractivity contribution is 6.29. The van der Waals surface area contributed by atoms with Gasteiger partial charge in [0.1, 0.15) is 6.04 Å². The normalized spacial score (nSPS) is 17.4. The van der Waals surface area contributed by atoms with Crippen LogP contribution in [0.4, 0.5) is 0 Å². The predicted molar refractivity (Wildman–Crippen MR) is 72.5 cm³/mol. The highest BCUT2D eigenvalue weighted by Gasteiger charge is 2.31. The number of carboxylic acids is 1. The third-order valence-electron chi connectivity index (χ3n) is 3.54. The summed E-state index contributed by atoms with van der Waals surface area (Å²) in [6.45, 7) is 0. The molecule has 1 heterocycles. The Bertz CT molecular complexity index is 486. The summed E-state index contributed by atoms with van der Waals surface area (Å²) in [5.74, 6) is -1.57. The molecular formula is C13H16ClN3O3. The Kier molecular flexibility index (Phi) is 4.89. The fourth-order valence-corrected chi connectivity index (χ4v) is 2.60. The predicted octanol–water partition coefficient (Wildman–Crippen LogP) is 1.89. The molecule has 1 aromatic rings. The van der Waals surface area contributed by atoms with E-state index in [1.165, 1.54) is 12.1 Å². The second-order valence-corrected chi connectivity index (χ2v) is 5.32. The smallest absolute Gasteiger partial charge is 0.326 e. The third kappa shape index (κ3) is 3.66. The number of aliphatic carboxylic acids is 1. The average Bonchev–Trinajstić information content (AvgIpc) is 2.46. The van der Waals surface area contributed by atoms with Gasteiger partial charge in [-0.3, -0.25) is 4.79 Å². The standard InChI is InChI=1S/C13H16ClN3O3/c14-10-7-6-9(16-17-10)12(18)15-11(13(19)20)8-4-2-1-3-5-8/h6-8,11H,1-5H2,(H,15,18)(H,19,20). The zero-order valence-corrected chi connectivity index (χ0v) is 11.6. The van der Waals surface area contributed by atoms with Crippen LogP contribution in [0, 0.1) is 5.92 Å². The summed E-state index contributed by atoms with van der Waals surface area (Å²) in [7, 11) is 0. The van der Waals surface area contributed by atoms with Gasteiger partial charge in [0.05, 0.1) is 0 Å². The molecule has 20 heavy (non-hydrogen) atoms. The first-order valence-corrected chi connectivity index (χ1v) is 6.98. The van der Waals surface area contributed by atoms with E-state index in [4.69, 9.17) is 11.6 Å². The van der Waals surface area contributed by atoms with Gasteiger partial charge in [0.15, 0.2) is 10.8 Å². The van der Waals surface area contributed by atoms with E-state index in [0.29, 0.717) is 0 Å². The first-order chi connectivity index (χ1) is 9.58. The topological polar surface area (TPSA) is 92.2 Å². The molecule has 1 unspecified atom stereocenters. The fraction of sp³-hybridized carbons (Fsp3) is 0.538. The third-order valence-corrected chi connectivity index (χ3v) is 3.74. The van der Waals surface area contributed by atoms with Gasteiger partial charge in [0.2, 0.25) is 0 Å². The first kappa shape index (κ1) is 14.7. The number of carbonyl (C=O) groups is 2. The maximum absolute atomic E-state index is 12.0. The van der Waals surface area contributed by atoms with Crippen LogP contribution < -0.4 is 5.32 Å². The van der Waals surface area contributed by atoms with Gasteiger partial charge in [-0.1, -0.05) is 30.9 Å². The maximum atomic E-state index is 12.0. The van der Waals surface area contributed by atoms with Crippen molar-refractivity contribution in [1.29, 1.82) is 0 Å². The number of halogens is 1. The Hall–Kier alpha value is -1.69. The van der Waals surface area contributed by atoms with Gasteiger partial charge in [-0.25, -0.2) is 4.79 Å². The number of aromatic nitrogens is 2. The van der Waals surface area contributed by atoms with Gasteiger partial charge >= 0.3 is 5.97 Å². The van der Waals surface area contributed by atoms with Crippen LogP contribution >= 0.6 is 11.6 Å². The van der Waals surface area contributed by atoms with Crippen LogP contribution in [0.3, 0.4) is 0 Å². The van der Waals surface area contributed by atoms with Crippen molar-refractivity contribution in [2.24, 2.45) is 5.92 Å². The lowest BCUT2D eigenvalue weighted by atomic mass is 9.84. The van der Waals surface area contributed by atoms with Crippen LogP contribution in [-0.4, -0.2) is 33.2 Å². The Labute approximate surface area is 121 Å². The lowest BCUT2D eigenvalue weighted by molar-refractivity contribution is -0.141. The maximum Gasteiger partial charge on any atom is 0.326 e. The van der Waals surface area contributed by atoms with E-state index in [0.717, 1.165) is 32.1 Å². The number of nitrogens with one attached hydrogen (secondary N) is 1. The highest BCUT2D eigenvalue weighted by atomic mass is 35.5. The monoisotopic (exact) mass is 297 g/mol. The van der Waals surface area contributed by atoms with E-state index in [1.807, 2.05) is 0 Å². The minimum absolute atomic E-state index is 0.0227. The molecule has 6 nitrogen and oxygen atoms in total. The second kappa shape index (κ2) is 6.65. The Morgan fingerprint density at radius 1 is 1.25 bits per heavy atom. The molecule has 0 saturated heterocycles. The van der Waals surface area contributed by atoms with E-state index in [-0.39, 0.29) is 16.8 Å². The molecule has 108 valence electrons. The van der Waals surface area contributed by atoms with Crippen molar-refractivity contribution in [3.8, 4) is 0 Å². The summed E-state index contributed by atoms with van der Waals surface area (Å²) in [5, 5.41) is 19.2. The molecule has 0 aliphatic heterocycles. The number of nitrogens with zero attached hydrogens (tertiary/aromatic N) is 2.